The summed E-state index contributed by atoms with van der Waals surface area (Å²) in [6.07, 6.45) is 2.23. The van der Waals surface area contributed by atoms with Crippen LogP contribution in [-0.2, 0) is 31.9 Å². The van der Waals surface area contributed by atoms with E-state index in [1.165, 1.54) is 23.2 Å². The highest BCUT2D eigenvalue weighted by Crippen LogP contribution is 2.22. The van der Waals surface area contributed by atoms with Gasteiger partial charge in [0.2, 0.25) is 5.28 Å². The van der Waals surface area contributed by atoms with Crippen molar-refractivity contribution in [1.29, 1.82) is 0 Å². The normalized spacial score (nSPS) is 16.6. The fraction of sp³-hybridized carbons (Fsp3) is 0.500. The first kappa shape index (κ1) is 20.6. The molecule has 0 aromatic carbocycles. The van der Waals surface area contributed by atoms with Gasteiger partial charge in [0.05, 0.1) is 12.6 Å². The van der Waals surface area contributed by atoms with E-state index in [1.807, 2.05) is 19.9 Å². The molecule has 0 aliphatic carbocycles. The van der Waals surface area contributed by atoms with Crippen LogP contribution in [0.25, 0.3) is 11.2 Å². The van der Waals surface area contributed by atoms with Crippen molar-refractivity contribution in [2.45, 2.75) is 45.9 Å². The molecular weight excluding hydrogens is 410 g/mol. The molecule has 0 spiro atoms. The molecule has 1 fully saturated rings. The van der Waals surface area contributed by atoms with E-state index in [1.54, 1.807) is 0 Å². The summed E-state index contributed by atoms with van der Waals surface area (Å²) in [4.78, 5) is 42.1. The molecule has 4 rings (SSSR count). The standard InChI is InChI=1S/C20H24ClN5O4/c1-11-8-14(12(2)25(11)9-13-6-5-7-30-13)15(27)10-26-16-17(22-19(26)21)23(3)20(29)24(4)18(16)28/h8,13H,5-7,9-10H2,1-4H3. The van der Waals surface area contributed by atoms with Gasteiger partial charge in [-0.05, 0) is 44.4 Å². The van der Waals surface area contributed by atoms with Gasteiger partial charge in [0.15, 0.2) is 16.9 Å². The minimum atomic E-state index is -0.538. The third kappa shape index (κ3) is 3.22. The number of ketones is 1. The van der Waals surface area contributed by atoms with Crippen LogP contribution in [0.4, 0.5) is 0 Å². The molecule has 1 saturated heterocycles. The molecule has 0 radical (unpaired) electrons. The Morgan fingerprint density at radius 2 is 1.97 bits per heavy atom. The first-order valence-electron chi connectivity index (χ1n) is 9.84. The van der Waals surface area contributed by atoms with E-state index in [2.05, 4.69) is 9.55 Å². The third-order valence-corrected chi connectivity index (χ3v) is 6.18. The predicted octanol–water partition coefficient (Wildman–Crippen LogP) is 1.57. The molecule has 1 unspecified atom stereocenters. The molecule has 0 N–H and O–H groups in total. The number of carbonyl (C=O) groups excluding carboxylic acids is 1. The first-order valence-corrected chi connectivity index (χ1v) is 10.2. The molecule has 1 aliphatic heterocycles. The van der Waals surface area contributed by atoms with E-state index in [0.29, 0.717) is 12.1 Å². The number of imidazole rings is 1. The number of hydrogen-bond donors (Lipinski definition) is 0. The Kier molecular flexibility index (Phi) is 5.19. The van der Waals surface area contributed by atoms with Gasteiger partial charge in [0.25, 0.3) is 5.56 Å². The minimum absolute atomic E-state index is 0.00943. The molecule has 160 valence electrons. The van der Waals surface area contributed by atoms with Crippen LogP contribution < -0.4 is 11.2 Å². The lowest BCUT2D eigenvalue weighted by atomic mass is 10.1. The van der Waals surface area contributed by atoms with Crippen LogP contribution in [0.1, 0.15) is 34.6 Å². The Labute approximate surface area is 177 Å². The van der Waals surface area contributed by atoms with Gasteiger partial charge in [-0.2, -0.15) is 4.98 Å². The summed E-state index contributed by atoms with van der Waals surface area (Å²) in [6, 6.07) is 1.85. The third-order valence-electron chi connectivity index (χ3n) is 5.89. The molecule has 30 heavy (non-hydrogen) atoms. The van der Waals surface area contributed by atoms with E-state index in [4.69, 9.17) is 16.3 Å². The van der Waals surface area contributed by atoms with Crippen molar-refractivity contribution >= 4 is 28.5 Å². The summed E-state index contributed by atoms with van der Waals surface area (Å²) in [5.41, 5.74) is 1.66. The van der Waals surface area contributed by atoms with Crippen LogP contribution in [0, 0.1) is 13.8 Å². The van der Waals surface area contributed by atoms with Crippen LogP contribution >= 0.6 is 11.6 Å². The van der Waals surface area contributed by atoms with Gasteiger partial charge in [-0.3, -0.25) is 18.7 Å². The topological polar surface area (TPSA) is 93.1 Å². The smallest absolute Gasteiger partial charge is 0.332 e. The molecule has 10 heteroatoms. The quantitative estimate of drug-likeness (QED) is 0.449. The Morgan fingerprint density at radius 3 is 2.63 bits per heavy atom. The van der Waals surface area contributed by atoms with Gasteiger partial charge in [-0.15, -0.1) is 0 Å². The van der Waals surface area contributed by atoms with Gasteiger partial charge in [-0.25, -0.2) is 4.79 Å². The number of halogens is 1. The van der Waals surface area contributed by atoms with Crippen molar-refractivity contribution in [2.75, 3.05) is 6.61 Å². The Morgan fingerprint density at radius 1 is 1.23 bits per heavy atom. The SMILES string of the molecule is Cc1cc(C(=O)Cn2c(Cl)nc3c2c(=O)n(C)c(=O)n3C)c(C)n1CC1CCCO1. The molecule has 1 aliphatic rings. The molecule has 3 aromatic heterocycles. The highest BCUT2D eigenvalue weighted by molar-refractivity contribution is 6.29. The van der Waals surface area contributed by atoms with Crippen molar-refractivity contribution in [3.63, 3.8) is 0 Å². The highest BCUT2D eigenvalue weighted by atomic mass is 35.5. The number of aryl methyl sites for hydroxylation is 2. The van der Waals surface area contributed by atoms with Crippen molar-refractivity contribution in [1.82, 2.24) is 23.3 Å². The fourth-order valence-corrected chi connectivity index (χ4v) is 4.37. The fourth-order valence-electron chi connectivity index (χ4n) is 4.15. The second-order valence-electron chi connectivity index (χ2n) is 7.80. The van der Waals surface area contributed by atoms with E-state index in [-0.39, 0.29) is 34.9 Å². The second kappa shape index (κ2) is 7.55. The Hall–Kier alpha value is -2.65. The number of hydrogen-bond acceptors (Lipinski definition) is 5. The maximum atomic E-state index is 13.2. The Bertz CT molecular complexity index is 1270. The monoisotopic (exact) mass is 433 g/mol. The maximum Gasteiger partial charge on any atom is 0.332 e. The zero-order chi connectivity index (χ0) is 21.7. The van der Waals surface area contributed by atoms with E-state index in [0.717, 1.165) is 35.4 Å². The van der Waals surface area contributed by atoms with E-state index in [9.17, 15) is 14.4 Å². The predicted molar refractivity (Wildman–Crippen MR) is 112 cm³/mol. The lowest BCUT2D eigenvalue weighted by Gasteiger charge is -2.15. The number of Topliss-reactive ketones (excluding diaryl/α,β-unsaturated/α-hetero) is 1. The number of carbonyl (C=O) groups is 1. The van der Waals surface area contributed by atoms with Gasteiger partial charge >= 0.3 is 5.69 Å². The summed E-state index contributed by atoms with van der Waals surface area (Å²) in [7, 11) is 2.90. The van der Waals surface area contributed by atoms with Crippen molar-refractivity contribution in [3.05, 3.63) is 49.1 Å². The van der Waals surface area contributed by atoms with Crippen molar-refractivity contribution in [2.24, 2.45) is 14.1 Å². The zero-order valence-corrected chi connectivity index (χ0v) is 18.2. The molecular formula is C20H24ClN5O4. The van der Waals surface area contributed by atoms with Crippen molar-refractivity contribution in [3.8, 4) is 0 Å². The summed E-state index contributed by atoms with van der Waals surface area (Å²) in [5, 5.41) is -0.00943. The van der Waals surface area contributed by atoms with E-state index >= 15 is 0 Å². The summed E-state index contributed by atoms with van der Waals surface area (Å²) >= 11 is 6.25. The first-order chi connectivity index (χ1) is 14.2. The average Bonchev–Trinajstić information content (AvgIpc) is 3.40. The maximum absolute atomic E-state index is 13.2. The highest BCUT2D eigenvalue weighted by Gasteiger charge is 2.24. The summed E-state index contributed by atoms with van der Waals surface area (Å²) in [6.45, 7) is 5.21. The molecule has 4 heterocycles. The van der Waals surface area contributed by atoms with Crippen LogP contribution in [0.15, 0.2) is 15.7 Å². The van der Waals surface area contributed by atoms with Crippen LogP contribution in [0.2, 0.25) is 5.28 Å². The van der Waals surface area contributed by atoms with Gasteiger partial charge in [0, 0.05) is 44.2 Å². The molecule has 9 nitrogen and oxygen atoms in total. The zero-order valence-electron chi connectivity index (χ0n) is 17.4. The minimum Gasteiger partial charge on any atom is -0.376 e. The molecule has 0 saturated carbocycles. The van der Waals surface area contributed by atoms with Crippen molar-refractivity contribution < 1.29 is 9.53 Å². The van der Waals surface area contributed by atoms with Gasteiger partial charge < -0.3 is 13.9 Å². The van der Waals surface area contributed by atoms with Crippen LogP contribution in [0.5, 0.6) is 0 Å². The average molecular weight is 434 g/mol. The largest absolute Gasteiger partial charge is 0.376 e. The summed E-state index contributed by atoms with van der Waals surface area (Å²) < 4.78 is 11.4. The number of rotatable bonds is 5. The number of aromatic nitrogens is 5. The lowest BCUT2D eigenvalue weighted by molar-refractivity contribution is 0.0949. The Balaban J connectivity index is 1.72. The molecule has 0 bridgehead atoms. The van der Waals surface area contributed by atoms with Gasteiger partial charge in [0.1, 0.15) is 0 Å². The number of ether oxygens (including phenoxy) is 1. The number of nitrogens with zero attached hydrogens (tertiary/aromatic N) is 5. The molecule has 0 amide bonds. The summed E-state index contributed by atoms with van der Waals surface area (Å²) in [5.74, 6) is -0.182. The van der Waals surface area contributed by atoms with E-state index < -0.39 is 11.2 Å². The van der Waals surface area contributed by atoms with Crippen LogP contribution in [-0.4, -0.2) is 41.7 Å². The lowest BCUT2D eigenvalue weighted by Crippen LogP contribution is -2.37. The van der Waals surface area contributed by atoms with Gasteiger partial charge in [-0.1, -0.05) is 0 Å². The molecule has 1 atom stereocenters. The number of fused-ring (bicyclic) bond motifs is 1. The molecule has 3 aromatic rings. The van der Waals surface area contributed by atoms with Crippen LogP contribution in [0.3, 0.4) is 0 Å². The second-order valence-corrected chi connectivity index (χ2v) is 8.14.